The molecular weight excluding hydrogens is 450 g/mol. The summed E-state index contributed by atoms with van der Waals surface area (Å²) in [4.78, 5) is 33.4. The smallest absolute Gasteiger partial charge is 0.410 e. The van der Waals surface area contributed by atoms with Gasteiger partial charge in [0.05, 0.1) is 0 Å². The highest BCUT2D eigenvalue weighted by Crippen LogP contribution is 2.43. The van der Waals surface area contributed by atoms with Gasteiger partial charge in [0.2, 0.25) is 0 Å². The molecule has 0 N–H and O–H groups in total. The van der Waals surface area contributed by atoms with Gasteiger partial charge in [-0.1, -0.05) is 36.4 Å². The molecular formula is C30H39N3O3. The first-order chi connectivity index (χ1) is 17.1. The summed E-state index contributed by atoms with van der Waals surface area (Å²) in [7, 11) is 0. The number of aromatic nitrogens is 1. The van der Waals surface area contributed by atoms with Crippen LogP contribution < -0.4 is 0 Å². The number of ether oxygens (including phenoxy) is 1. The van der Waals surface area contributed by atoms with E-state index in [-0.39, 0.29) is 17.4 Å². The maximum atomic E-state index is 12.6. The molecule has 1 unspecified atom stereocenters. The summed E-state index contributed by atoms with van der Waals surface area (Å²) >= 11 is 0. The third-order valence-corrected chi connectivity index (χ3v) is 7.32. The molecule has 0 saturated carbocycles. The first kappa shape index (κ1) is 25.9. The van der Waals surface area contributed by atoms with E-state index in [0.717, 1.165) is 43.4 Å². The van der Waals surface area contributed by atoms with Gasteiger partial charge in [-0.15, -0.1) is 0 Å². The zero-order valence-corrected chi connectivity index (χ0v) is 22.3. The number of carbonyl (C=O) groups is 2. The van der Waals surface area contributed by atoms with Crippen molar-refractivity contribution in [1.29, 1.82) is 0 Å². The summed E-state index contributed by atoms with van der Waals surface area (Å²) in [5.41, 5.74) is 4.75. The van der Waals surface area contributed by atoms with Crippen LogP contribution in [0, 0.1) is 5.41 Å². The van der Waals surface area contributed by atoms with Crippen LogP contribution in [0.3, 0.4) is 0 Å². The van der Waals surface area contributed by atoms with E-state index < -0.39 is 5.60 Å². The minimum absolute atomic E-state index is 0.0303. The Morgan fingerprint density at radius 3 is 2.53 bits per heavy atom. The molecule has 6 heteroatoms. The Bertz CT molecular complexity index is 1130. The summed E-state index contributed by atoms with van der Waals surface area (Å²) in [5.74, 6) is -0.0303. The van der Waals surface area contributed by atoms with Crippen molar-refractivity contribution in [3.8, 4) is 11.1 Å². The number of nitrogens with zero attached hydrogens (tertiary/aromatic N) is 3. The largest absolute Gasteiger partial charge is 0.444 e. The van der Waals surface area contributed by atoms with Crippen LogP contribution in [0.15, 0.2) is 42.6 Å². The van der Waals surface area contributed by atoms with Crippen LogP contribution in [-0.2, 0) is 11.2 Å². The van der Waals surface area contributed by atoms with Crippen LogP contribution >= 0.6 is 0 Å². The molecule has 2 aromatic rings. The van der Waals surface area contributed by atoms with Gasteiger partial charge in [0, 0.05) is 37.9 Å². The molecule has 1 aliphatic carbocycles. The Morgan fingerprint density at radius 2 is 1.86 bits per heavy atom. The molecule has 1 atom stereocenters. The molecule has 0 radical (unpaired) electrons. The van der Waals surface area contributed by atoms with Gasteiger partial charge < -0.3 is 14.5 Å². The van der Waals surface area contributed by atoms with Crippen molar-refractivity contribution < 1.29 is 14.3 Å². The molecule has 192 valence electrons. The second-order valence-corrected chi connectivity index (χ2v) is 11.0. The van der Waals surface area contributed by atoms with Gasteiger partial charge in [0.15, 0.2) is 0 Å². The standard InChI is InChI=1S/C30H39N3O3/c1-6-32(7-2)27(34)26-13-12-23(21-31-26)24-11-8-10-22-20-30(16-14-25(22)24)15-9-18-33(19-17-30)28(35)36-29(3,4)5/h8,10-14,16,21H,6-7,9,15,17-20H2,1-5H3. The number of amides is 2. The average molecular weight is 490 g/mol. The highest BCUT2D eigenvalue weighted by Gasteiger charge is 2.35. The second kappa shape index (κ2) is 10.5. The molecule has 1 aromatic carbocycles. The predicted molar refractivity (Wildman–Crippen MR) is 144 cm³/mol. The van der Waals surface area contributed by atoms with Gasteiger partial charge in [-0.2, -0.15) is 0 Å². The van der Waals surface area contributed by atoms with E-state index in [1.807, 2.05) is 57.8 Å². The Morgan fingerprint density at radius 1 is 1.08 bits per heavy atom. The summed E-state index contributed by atoms with van der Waals surface area (Å²) in [6, 6.07) is 10.3. The Labute approximate surface area is 215 Å². The minimum Gasteiger partial charge on any atom is -0.444 e. The van der Waals surface area contributed by atoms with Crippen molar-refractivity contribution in [2.75, 3.05) is 26.2 Å². The van der Waals surface area contributed by atoms with Gasteiger partial charge >= 0.3 is 6.09 Å². The molecule has 2 aliphatic rings. The van der Waals surface area contributed by atoms with Crippen molar-refractivity contribution in [3.63, 3.8) is 0 Å². The normalized spacial score (nSPS) is 19.5. The number of rotatable bonds is 4. The number of likely N-dealkylation sites (tertiary alicyclic amines) is 1. The molecule has 2 heterocycles. The highest BCUT2D eigenvalue weighted by molar-refractivity contribution is 5.92. The number of hydrogen-bond donors (Lipinski definition) is 0. The van der Waals surface area contributed by atoms with Crippen LogP contribution in [0.5, 0.6) is 0 Å². The monoisotopic (exact) mass is 489 g/mol. The lowest BCUT2D eigenvalue weighted by Gasteiger charge is -2.34. The lowest BCUT2D eigenvalue weighted by atomic mass is 9.71. The number of carbonyl (C=O) groups excluding carboxylic acids is 2. The Balaban J connectivity index is 1.51. The summed E-state index contributed by atoms with van der Waals surface area (Å²) in [6.07, 6.45) is 10.1. The molecule has 1 spiro atoms. The number of benzene rings is 1. The molecule has 6 nitrogen and oxygen atoms in total. The first-order valence-electron chi connectivity index (χ1n) is 13.2. The van der Waals surface area contributed by atoms with Crippen LogP contribution in [-0.4, -0.2) is 58.6 Å². The Hall–Kier alpha value is -3.15. The molecule has 36 heavy (non-hydrogen) atoms. The number of fused-ring (bicyclic) bond motifs is 1. The molecule has 4 rings (SSSR count). The Kier molecular flexibility index (Phi) is 7.53. The predicted octanol–water partition coefficient (Wildman–Crippen LogP) is 6.21. The van der Waals surface area contributed by atoms with Crippen LogP contribution in [0.1, 0.15) is 75.5 Å². The van der Waals surface area contributed by atoms with Crippen LogP contribution in [0.25, 0.3) is 17.2 Å². The third kappa shape index (κ3) is 5.63. The van der Waals surface area contributed by atoms with Crippen LogP contribution in [0.2, 0.25) is 0 Å². The van der Waals surface area contributed by atoms with Crippen molar-refractivity contribution in [3.05, 3.63) is 59.4 Å². The first-order valence-corrected chi connectivity index (χ1v) is 13.2. The summed E-state index contributed by atoms with van der Waals surface area (Å²) in [5, 5.41) is 0. The van der Waals surface area contributed by atoms with Gasteiger partial charge in [-0.3, -0.25) is 9.78 Å². The average Bonchev–Trinajstić information content (AvgIpc) is 3.06. The van der Waals surface area contributed by atoms with E-state index >= 15 is 0 Å². The quantitative estimate of drug-likeness (QED) is 0.512. The van der Waals surface area contributed by atoms with E-state index in [1.165, 1.54) is 11.1 Å². The van der Waals surface area contributed by atoms with Gasteiger partial charge in [0.25, 0.3) is 5.91 Å². The van der Waals surface area contributed by atoms with E-state index in [2.05, 4.69) is 35.3 Å². The topological polar surface area (TPSA) is 62.7 Å². The second-order valence-electron chi connectivity index (χ2n) is 11.0. The zero-order valence-electron chi connectivity index (χ0n) is 22.3. The number of hydrogen-bond acceptors (Lipinski definition) is 4. The van der Waals surface area contributed by atoms with E-state index in [4.69, 9.17) is 4.74 Å². The molecule has 1 saturated heterocycles. The van der Waals surface area contributed by atoms with Gasteiger partial charge in [-0.25, -0.2) is 4.79 Å². The molecule has 2 amide bonds. The molecule has 1 aliphatic heterocycles. The van der Waals surface area contributed by atoms with Crippen LogP contribution in [0.4, 0.5) is 4.79 Å². The van der Waals surface area contributed by atoms with Crippen molar-refractivity contribution in [1.82, 2.24) is 14.8 Å². The van der Waals surface area contributed by atoms with E-state index in [1.54, 1.807) is 4.90 Å². The van der Waals surface area contributed by atoms with Gasteiger partial charge in [0.1, 0.15) is 11.3 Å². The number of pyridine rings is 1. The molecule has 1 fully saturated rings. The maximum absolute atomic E-state index is 12.6. The van der Waals surface area contributed by atoms with Crippen molar-refractivity contribution >= 4 is 18.1 Å². The van der Waals surface area contributed by atoms with Crippen molar-refractivity contribution in [2.45, 2.75) is 65.9 Å². The van der Waals surface area contributed by atoms with E-state index in [0.29, 0.717) is 25.3 Å². The number of allylic oxidation sites excluding steroid dienone is 1. The van der Waals surface area contributed by atoms with Crippen molar-refractivity contribution in [2.24, 2.45) is 5.41 Å². The highest BCUT2D eigenvalue weighted by atomic mass is 16.6. The van der Waals surface area contributed by atoms with Gasteiger partial charge in [-0.05, 0) is 88.5 Å². The lowest BCUT2D eigenvalue weighted by molar-refractivity contribution is 0.0253. The molecule has 0 bridgehead atoms. The third-order valence-electron chi connectivity index (χ3n) is 7.32. The minimum atomic E-state index is -0.479. The summed E-state index contributed by atoms with van der Waals surface area (Å²) < 4.78 is 5.62. The zero-order chi connectivity index (χ0) is 25.9. The SMILES string of the molecule is CCN(CC)C(=O)c1ccc(-c2cccc3c2C=CC2(CCCN(C(=O)OC(C)(C)C)CC2)C3)cn1. The summed E-state index contributed by atoms with van der Waals surface area (Å²) in [6.45, 7) is 12.5. The fourth-order valence-electron chi connectivity index (χ4n) is 5.34. The molecule has 1 aromatic heterocycles. The fourth-order valence-corrected chi connectivity index (χ4v) is 5.34. The lowest BCUT2D eigenvalue weighted by Crippen LogP contribution is -2.38. The maximum Gasteiger partial charge on any atom is 0.410 e. The van der Waals surface area contributed by atoms with E-state index in [9.17, 15) is 9.59 Å². The fraction of sp³-hybridized carbons (Fsp3) is 0.500.